The Morgan fingerprint density at radius 1 is 1.69 bits per heavy atom. The zero-order valence-corrected chi connectivity index (χ0v) is 7.94. The molecule has 2 N–H and O–H groups in total. The van der Waals surface area contributed by atoms with Crippen LogP contribution in [0.15, 0.2) is 6.20 Å². The Balaban J connectivity index is 3.06. The van der Waals surface area contributed by atoms with Crippen molar-refractivity contribution in [2.45, 2.75) is 19.9 Å². The zero-order valence-electron chi connectivity index (χ0n) is 7.94. The number of ether oxygens (including phenoxy) is 1. The van der Waals surface area contributed by atoms with E-state index in [9.17, 15) is 4.79 Å². The molecule has 0 amide bonds. The SMILES string of the molecule is COC(=O)c1cnn(C(C)C)c1N. The first kappa shape index (κ1) is 9.57. The smallest absolute Gasteiger partial charge is 0.343 e. The molecular formula is C8H13N3O2. The minimum Gasteiger partial charge on any atom is -0.465 e. The molecule has 0 radical (unpaired) electrons. The van der Waals surface area contributed by atoms with Crippen molar-refractivity contribution in [3.8, 4) is 0 Å². The molecule has 0 fully saturated rings. The molecule has 0 saturated carbocycles. The van der Waals surface area contributed by atoms with Crippen LogP contribution in [0, 0.1) is 0 Å². The molecule has 0 saturated heterocycles. The van der Waals surface area contributed by atoms with E-state index in [-0.39, 0.29) is 6.04 Å². The van der Waals surface area contributed by atoms with Gasteiger partial charge >= 0.3 is 5.97 Å². The molecule has 5 nitrogen and oxygen atoms in total. The number of nitrogen functional groups attached to an aromatic ring is 1. The maximum atomic E-state index is 11.1. The van der Waals surface area contributed by atoms with Crippen LogP contribution in [0.5, 0.6) is 0 Å². The topological polar surface area (TPSA) is 70.1 Å². The van der Waals surface area contributed by atoms with Crippen LogP contribution in [0.4, 0.5) is 5.82 Å². The standard InChI is InChI=1S/C8H13N3O2/c1-5(2)11-7(9)6(4-10-11)8(12)13-3/h4-5H,9H2,1-3H3. The summed E-state index contributed by atoms with van der Waals surface area (Å²) in [6.07, 6.45) is 1.42. The predicted octanol–water partition coefficient (Wildman–Crippen LogP) is 0.833. The second-order valence-corrected chi connectivity index (χ2v) is 2.97. The molecule has 0 bridgehead atoms. The van der Waals surface area contributed by atoms with Gasteiger partial charge in [-0.15, -0.1) is 0 Å². The highest BCUT2D eigenvalue weighted by Gasteiger charge is 2.16. The lowest BCUT2D eigenvalue weighted by molar-refractivity contribution is 0.0602. The molecule has 0 aliphatic rings. The fraction of sp³-hybridized carbons (Fsp3) is 0.500. The highest BCUT2D eigenvalue weighted by atomic mass is 16.5. The number of esters is 1. The maximum Gasteiger partial charge on any atom is 0.343 e. The second-order valence-electron chi connectivity index (χ2n) is 2.97. The molecule has 0 unspecified atom stereocenters. The van der Waals surface area contributed by atoms with Crippen molar-refractivity contribution in [3.05, 3.63) is 11.8 Å². The number of carbonyl (C=O) groups excluding carboxylic acids is 1. The third kappa shape index (κ3) is 1.63. The molecule has 72 valence electrons. The average Bonchev–Trinajstić information content (AvgIpc) is 2.46. The third-order valence-electron chi connectivity index (χ3n) is 1.73. The van der Waals surface area contributed by atoms with Crippen molar-refractivity contribution in [2.24, 2.45) is 0 Å². The predicted molar refractivity (Wildman–Crippen MR) is 48.4 cm³/mol. The van der Waals surface area contributed by atoms with Crippen molar-refractivity contribution < 1.29 is 9.53 Å². The van der Waals surface area contributed by atoms with Gasteiger partial charge in [0.1, 0.15) is 11.4 Å². The summed E-state index contributed by atoms with van der Waals surface area (Å²) in [6, 6.07) is 0.137. The van der Waals surface area contributed by atoms with Gasteiger partial charge in [0.15, 0.2) is 0 Å². The number of carbonyl (C=O) groups is 1. The number of aromatic nitrogens is 2. The van der Waals surface area contributed by atoms with Gasteiger partial charge in [0.2, 0.25) is 0 Å². The Hall–Kier alpha value is -1.52. The average molecular weight is 183 g/mol. The molecule has 5 heteroatoms. The van der Waals surface area contributed by atoms with Crippen LogP contribution in [0.1, 0.15) is 30.2 Å². The van der Waals surface area contributed by atoms with Gasteiger partial charge in [-0.2, -0.15) is 5.10 Å². The van der Waals surface area contributed by atoms with Crippen LogP contribution in [-0.2, 0) is 4.74 Å². The number of nitrogens with two attached hydrogens (primary N) is 1. The fourth-order valence-electron chi connectivity index (χ4n) is 1.05. The second kappa shape index (κ2) is 3.47. The quantitative estimate of drug-likeness (QED) is 0.689. The summed E-state index contributed by atoms with van der Waals surface area (Å²) in [4.78, 5) is 11.1. The van der Waals surface area contributed by atoms with Crippen LogP contribution in [0.3, 0.4) is 0 Å². The van der Waals surface area contributed by atoms with Crippen LogP contribution in [-0.4, -0.2) is 22.9 Å². The minimum absolute atomic E-state index is 0.137. The van der Waals surface area contributed by atoms with Crippen LogP contribution in [0.2, 0.25) is 0 Å². The van der Waals surface area contributed by atoms with Crippen LogP contribution < -0.4 is 5.73 Å². The summed E-state index contributed by atoms with van der Waals surface area (Å²) < 4.78 is 6.11. The summed E-state index contributed by atoms with van der Waals surface area (Å²) in [6.45, 7) is 3.87. The molecule has 1 aromatic rings. The van der Waals surface area contributed by atoms with E-state index in [2.05, 4.69) is 9.84 Å². The third-order valence-corrected chi connectivity index (χ3v) is 1.73. The van der Waals surface area contributed by atoms with E-state index in [1.165, 1.54) is 13.3 Å². The monoisotopic (exact) mass is 183 g/mol. The molecule has 13 heavy (non-hydrogen) atoms. The highest BCUT2D eigenvalue weighted by Crippen LogP contribution is 2.16. The lowest BCUT2D eigenvalue weighted by atomic mass is 10.3. The molecule has 1 heterocycles. The van der Waals surface area contributed by atoms with E-state index >= 15 is 0 Å². The number of hydrogen-bond donors (Lipinski definition) is 1. The number of anilines is 1. The van der Waals surface area contributed by atoms with Gasteiger partial charge in [-0.1, -0.05) is 0 Å². The Morgan fingerprint density at radius 2 is 2.31 bits per heavy atom. The highest BCUT2D eigenvalue weighted by molar-refractivity contribution is 5.93. The summed E-state index contributed by atoms with van der Waals surface area (Å²) >= 11 is 0. The normalized spacial score (nSPS) is 10.5. The van der Waals surface area contributed by atoms with Crippen molar-refractivity contribution in [2.75, 3.05) is 12.8 Å². The number of methoxy groups -OCH3 is 1. The van der Waals surface area contributed by atoms with Crippen molar-refractivity contribution in [1.82, 2.24) is 9.78 Å². The van der Waals surface area contributed by atoms with Gasteiger partial charge in [-0.25, -0.2) is 9.48 Å². The van der Waals surface area contributed by atoms with Crippen molar-refractivity contribution in [3.63, 3.8) is 0 Å². The van der Waals surface area contributed by atoms with Gasteiger partial charge in [0.05, 0.1) is 13.3 Å². The van der Waals surface area contributed by atoms with E-state index < -0.39 is 5.97 Å². The molecule has 1 rings (SSSR count). The lowest BCUT2D eigenvalue weighted by Gasteiger charge is -2.07. The Bertz CT molecular complexity index is 317. The zero-order chi connectivity index (χ0) is 10.0. The van der Waals surface area contributed by atoms with E-state index in [0.29, 0.717) is 11.4 Å². The maximum absolute atomic E-state index is 11.1. The van der Waals surface area contributed by atoms with Gasteiger partial charge in [-0.3, -0.25) is 0 Å². The number of nitrogens with zero attached hydrogens (tertiary/aromatic N) is 2. The first-order valence-electron chi connectivity index (χ1n) is 3.99. The molecule has 1 aromatic heterocycles. The van der Waals surface area contributed by atoms with Crippen molar-refractivity contribution in [1.29, 1.82) is 0 Å². The van der Waals surface area contributed by atoms with E-state index in [0.717, 1.165) is 0 Å². The summed E-state index contributed by atoms with van der Waals surface area (Å²) in [7, 11) is 1.31. The van der Waals surface area contributed by atoms with Gasteiger partial charge in [0, 0.05) is 6.04 Å². The Morgan fingerprint density at radius 3 is 2.69 bits per heavy atom. The van der Waals surface area contributed by atoms with Gasteiger partial charge < -0.3 is 10.5 Å². The summed E-state index contributed by atoms with van der Waals surface area (Å²) in [5.74, 6) is -0.105. The van der Waals surface area contributed by atoms with E-state index in [4.69, 9.17) is 5.73 Å². The number of rotatable bonds is 2. The fourth-order valence-corrected chi connectivity index (χ4v) is 1.05. The molecule has 0 aromatic carbocycles. The number of hydrogen-bond acceptors (Lipinski definition) is 4. The molecule has 0 atom stereocenters. The van der Waals surface area contributed by atoms with Gasteiger partial charge in [0.25, 0.3) is 0 Å². The van der Waals surface area contributed by atoms with Gasteiger partial charge in [-0.05, 0) is 13.8 Å². The van der Waals surface area contributed by atoms with Crippen LogP contribution in [0.25, 0.3) is 0 Å². The lowest BCUT2D eigenvalue weighted by Crippen LogP contribution is -2.10. The Labute approximate surface area is 76.5 Å². The Kier molecular flexibility index (Phi) is 2.55. The molecular weight excluding hydrogens is 170 g/mol. The summed E-state index contributed by atoms with van der Waals surface area (Å²) in [5, 5.41) is 3.98. The molecule has 0 aliphatic heterocycles. The molecule has 0 spiro atoms. The summed E-state index contributed by atoms with van der Waals surface area (Å²) in [5.41, 5.74) is 6.00. The molecule has 0 aliphatic carbocycles. The van der Waals surface area contributed by atoms with E-state index in [1.807, 2.05) is 13.8 Å². The largest absolute Gasteiger partial charge is 0.465 e. The van der Waals surface area contributed by atoms with Crippen molar-refractivity contribution >= 4 is 11.8 Å². The first-order chi connectivity index (χ1) is 6.07. The van der Waals surface area contributed by atoms with E-state index in [1.54, 1.807) is 4.68 Å². The minimum atomic E-state index is -0.454. The first-order valence-corrected chi connectivity index (χ1v) is 3.99. The van der Waals surface area contributed by atoms with Crippen LogP contribution >= 0.6 is 0 Å².